The molecule has 0 bridgehead atoms. The maximum Gasteiger partial charge on any atom is 0.407 e. The Kier molecular flexibility index (Phi) is 8.06. The van der Waals surface area contributed by atoms with Gasteiger partial charge in [-0.15, -0.1) is 11.3 Å². The van der Waals surface area contributed by atoms with Gasteiger partial charge in [-0.1, -0.05) is 19.8 Å². The van der Waals surface area contributed by atoms with Gasteiger partial charge in [0.25, 0.3) is 0 Å². The average molecular weight is 341 g/mol. The molecule has 0 saturated carbocycles. The maximum atomic E-state index is 11.8. The number of unbranched alkanes of at least 4 members (excludes halogenated alkanes) is 1. The van der Waals surface area contributed by atoms with Crippen molar-refractivity contribution >= 4 is 17.4 Å². The largest absolute Gasteiger partial charge is 0.444 e. The molecule has 0 aliphatic carbocycles. The van der Waals surface area contributed by atoms with Crippen LogP contribution in [0.3, 0.4) is 0 Å². The van der Waals surface area contributed by atoms with Gasteiger partial charge in [0.15, 0.2) is 0 Å². The van der Waals surface area contributed by atoms with E-state index < -0.39 is 5.60 Å². The summed E-state index contributed by atoms with van der Waals surface area (Å²) in [6.07, 6.45) is 2.99. The van der Waals surface area contributed by atoms with Crippen molar-refractivity contribution in [3.63, 3.8) is 0 Å². The Morgan fingerprint density at radius 1 is 1.35 bits per heavy atom. The highest BCUT2D eigenvalue weighted by atomic mass is 32.1. The smallest absolute Gasteiger partial charge is 0.407 e. The molecule has 0 aliphatic heterocycles. The summed E-state index contributed by atoms with van der Waals surface area (Å²) in [6, 6.07) is 4.87. The minimum atomic E-state index is -0.460. The fraction of sp³-hybridized carbons (Fsp3) is 0.722. The van der Waals surface area contributed by atoms with Gasteiger partial charge >= 0.3 is 6.09 Å². The van der Waals surface area contributed by atoms with Crippen LogP contribution in [0.25, 0.3) is 0 Å². The molecule has 4 nitrogen and oxygen atoms in total. The minimum Gasteiger partial charge on any atom is -0.444 e. The third-order valence-corrected chi connectivity index (χ3v) is 4.65. The molecule has 5 heteroatoms. The zero-order valence-electron chi connectivity index (χ0n) is 15.4. The van der Waals surface area contributed by atoms with E-state index in [1.807, 2.05) is 32.1 Å². The molecule has 0 spiro atoms. The van der Waals surface area contributed by atoms with E-state index in [9.17, 15) is 4.79 Å². The summed E-state index contributed by atoms with van der Waals surface area (Å²) in [7, 11) is 0. The van der Waals surface area contributed by atoms with Gasteiger partial charge in [-0.3, -0.25) is 0 Å². The molecule has 1 aromatic heterocycles. The highest BCUT2D eigenvalue weighted by Crippen LogP contribution is 2.23. The lowest BCUT2D eigenvalue weighted by Gasteiger charge is -2.25. The van der Waals surface area contributed by atoms with Crippen molar-refractivity contribution in [2.45, 2.75) is 78.5 Å². The van der Waals surface area contributed by atoms with Crippen molar-refractivity contribution in [1.82, 2.24) is 10.6 Å². The quantitative estimate of drug-likeness (QED) is 0.715. The lowest BCUT2D eigenvalue weighted by molar-refractivity contribution is 0.0521. The van der Waals surface area contributed by atoms with E-state index in [0.717, 1.165) is 19.3 Å². The molecule has 2 atom stereocenters. The second kappa shape index (κ2) is 9.28. The molecule has 1 rings (SSSR count). The van der Waals surface area contributed by atoms with Gasteiger partial charge in [0.2, 0.25) is 0 Å². The summed E-state index contributed by atoms with van der Waals surface area (Å²) in [5.74, 6) is 0. The van der Waals surface area contributed by atoms with E-state index in [-0.39, 0.29) is 18.2 Å². The van der Waals surface area contributed by atoms with Crippen LogP contribution in [0.4, 0.5) is 4.79 Å². The summed E-state index contributed by atoms with van der Waals surface area (Å²) in [5, 5.41) is 6.53. The lowest BCUT2D eigenvalue weighted by Crippen LogP contribution is -2.43. The Morgan fingerprint density at radius 3 is 2.57 bits per heavy atom. The Bertz CT molecular complexity index is 480. The van der Waals surface area contributed by atoms with E-state index >= 15 is 0 Å². The molecule has 23 heavy (non-hydrogen) atoms. The van der Waals surface area contributed by atoms with Crippen LogP contribution in [0.15, 0.2) is 12.1 Å². The topological polar surface area (TPSA) is 50.4 Å². The van der Waals surface area contributed by atoms with Crippen LogP contribution in [0.1, 0.15) is 69.7 Å². The monoisotopic (exact) mass is 340 g/mol. The molecule has 1 aromatic rings. The standard InChI is InChI=1S/C18H32N2O2S/c1-7-8-9-15(12-19-17(21)22-18(4,5)6)20-14(3)16-11-10-13(2)23-16/h10-11,14-15,20H,7-9,12H2,1-6H3,(H,19,21). The number of carbonyl (C=O) groups is 1. The molecule has 0 fully saturated rings. The van der Waals surface area contributed by atoms with Crippen LogP contribution in [0.5, 0.6) is 0 Å². The molecule has 132 valence electrons. The number of hydrogen-bond acceptors (Lipinski definition) is 4. The van der Waals surface area contributed by atoms with Gasteiger partial charge in [0, 0.05) is 28.4 Å². The van der Waals surface area contributed by atoms with Crippen molar-refractivity contribution in [3.05, 3.63) is 21.9 Å². The van der Waals surface area contributed by atoms with E-state index in [2.05, 4.69) is 43.5 Å². The number of carbonyl (C=O) groups excluding carboxylic acids is 1. The first-order chi connectivity index (χ1) is 10.7. The number of ether oxygens (including phenoxy) is 1. The predicted molar refractivity (Wildman–Crippen MR) is 98.2 cm³/mol. The number of alkyl carbamates (subject to hydrolysis) is 1. The van der Waals surface area contributed by atoms with Crippen LogP contribution in [-0.4, -0.2) is 24.3 Å². The first-order valence-corrected chi connectivity index (χ1v) is 9.32. The van der Waals surface area contributed by atoms with E-state index in [0.29, 0.717) is 6.54 Å². The van der Waals surface area contributed by atoms with Gasteiger partial charge < -0.3 is 15.4 Å². The van der Waals surface area contributed by atoms with Crippen molar-refractivity contribution in [3.8, 4) is 0 Å². The van der Waals surface area contributed by atoms with Gasteiger partial charge in [0.05, 0.1) is 0 Å². The van der Waals surface area contributed by atoms with Crippen LogP contribution in [-0.2, 0) is 4.74 Å². The fourth-order valence-electron chi connectivity index (χ4n) is 2.34. The van der Waals surface area contributed by atoms with E-state index in [1.54, 1.807) is 0 Å². The molecule has 0 aromatic carbocycles. The number of amides is 1. The summed E-state index contributed by atoms with van der Waals surface area (Å²) < 4.78 is 5.31. The fourth-order valence-corrected chi connectivity index (χ4v) is 3.23. The SMILES string of the molecule is CCCCC(CNC(=O)OC(C)(C)C)NC(C)c1ccc(C)s1. The lowest BCUT2D eigenvalue weighted by atomic mass is 10.1. The number of aryl methyl sites for hydroxylation is 1. The average Bonchev–Trinajstić information content (AvgIpc) is 2.86. The zero-order valence-corrected chi connectivity index (χ0v) is 16.2. The maximum absolute atomic E-state index is 11.8. The highest BCUT2D eigenvalue weighted by molar-refractivity contribution is 7.12. The summed E-state index contributed by atoms with van der Waals surface area (Å²) in [6.45, 7) is 12.7. The van der Waals surface area contributed by atoms with Gasteiger partial charge in [-0.25, -0.2) is 4.79 Å². The van der Waals surface area contributed by atoms with Gasteiger partial charge in [-0.05, 0) is 53.2 Å². The van der Waals surface area contributed by atoms with Crippen molar-refractivity contribution in [1.29, 1.82) is 0 Å². The molecular formula is C18H32N2O2S. The predicted octanol–water partition coefficient (Wildman–Crippen LogP) is 4.79. The molecule has 2 N–H and O–H groups in total. The normalized spacial score (nSPS) is 14.3. The zero-order chi connectivity index (χ0) is 17.5. The molecule has 0 saturated heterocycles. The second-order valence-electron chi connectivity index (χ2n) is 7.06. The summed E-state index contributed by atoms with van der Waals surface area (Å²) in [4.78, 5) is 14.5. The van der Waals surface area contributed by atoms with Crippen molar-refractivity contribution in [2.24, 2.45) is 0 Å². The minimum absolute atomic E-state index is 0.250. The Balaban J connectivity index is 2.53. The highest BCUT2D eigenvalue weighted by Gasteiger charge is 2.19. The molecule has 1 amide bonds. The number of rotatable bonds is 8. The summed E-state index contributed by atoms with van der Waals surface area (Å²) in [5.41, 5.74) is -0.460. The first kappa shape index (κ1) is 20.0. The Labute approximate surface area is 145 Å². The van der Waals surface area contributed by atoms with Crippen molar-refractivity contribution in [2.75, 3.05) is 6.54 Å². The van der Waals surface area contributed by atoms with Crippen molar-refractivity contribution < 1.29 is 9.53 Å². The van der Waals surface area contributed by atoms with Crippen LogP contribution in [0.2, 0.25) is 0 Å². The Morgan fingerprint density at radius 2 is 2.04 bits per heavy atom. The van der Waals surface area contributed by atoms with Gasteiger partial charge in [-0.2, -0.15) is 0 Å². The number of nitrogens with one attached hydrogen (secondary N) is 2. The van der Waals surface area contributed by atoms with E-state index in [1.165, 1.54) is 9.75 Å². The number of hydrogen-bond donors (Lipinski definition) is 2. The molecular weight excluding hydrogens is 308 g/mol. The third kappa shape index (κ3) is 8.37. The molecule has 0 aliphatic rings. The first-order valence-electron chi connectivity index (χ1n) is 8.50. The van der Waals surface area contributed by atoms with Crippen LogP contribution in [0, 0.1) is 6.92 Å². The van der Waals surface area contributed by atoms with Crippen LogP contribution < -0.4 is 10.6 Å². The van der Waals surface area contributed by atoms with Crippen LogP contribution >= 0.6 is 11.3 Å². The Hall–Kier alpha value is -1.07. The van der Waals surface area contributed by atoms with Gasteiger partial charge in [0.1, 0.15) is 5.60 Å². The summed E-state index contributed by atoms with van der Waals surface area (Å²) >= 11 is 1.82. The molecule has 0 radical (unpaired) electrons. The number of thiophene rings is 1. The third-order valence-electron chi connectivity index (χ3n) is 3.47. The second-order valence-corrected chi connectivity index (χ2v) is 8.38. The van der Waals surface area contributed by atoms with E-state index in [4.69, 9.17) is 4.74 Å². The molecule has 1 heterocycles. The molecule has 2 unspecified atom stereocenters.